The number of nitrogens with one attached hydrogen (secondary N) is 3. The average Bonchev–Trinajstić information content (AvgIpc) is 2.50. The number of hydrogen-bond donors (Lipinski definition) is 3. The van der Waals surface area contributed by atoms with Crippen LogP contribution in [0.25, 0.3) is 0 Å². The lowest BCUT2D eigenvalue weighted by molar-refractivity contribution is -0.884. The highest BCUT2D eigenvalue weighted by atomic mass is 16.2. The molecule has 1 aromatic carbocycles. The van der Waals surface area contributed by atoms with Crippen molar-refractivity contribution in [3.63, 3.8) is 0 Å². The Morgan fingerprint density at radius 2 is 1.86 bits per heavy atom. The first-order chi connectivity index (χ1) is 10.5. The zero-order chi connectivity index (χ0) is 16.1. The van der Waals surface area contributed by atoms with E-state index in [0.717, 1.165) is 37.3 Å². The summed E-state index contributed by atoms with van der Waals surface area (Å²) in [6.45, 7) is 7.65. The Kier molecular flexibility index (Phi) is 5.51. The molecule has 6 heteroatoms. The molecule has 0 aromatic heterocycles. The molecule has 1 fully saturated rings. The second kappa shape index (κ2) is 7.38. The van der Waals surface area contributed by atoms with Crippen molar-refractivity contribution >= 4 is 11.8 Å². The number of aryl methyl sites for hydroxylation is 2. The van der Waals surface area contributed by atoms with Crippen LogP contribution in [0.1, 0.15) is 21.5 Å². The van der Waals surface area contributed by atoms with Crippen molar-refractivity contribution in [3.8, 4) is 0 Å². The number of rotatable bonds is 4. The molecule has 3 N–H and O–H groups in total. The van der Waals surface area contributed by atoms with Crippen LogP contribution >= 0.6 is 0 Å². The SMILES string of the molecule is Cc1ccc(C(=O)NCC(=O)NN2CC[NH+](C)CC2)cc1C. The Hall–Kier alpha value is -1.92. The van der Waals surface area contributed by atoms with E-state index in [1.54, 1.807) is 6.07 Å². The van der Waals surface area contributed by atoms with Crippen LogP contribution in [-0.4, -0.2) is 56.6 Å². The second-order valence-corrected chi connectivity index (χ2v) is 5.96. The lowest BCUT2D eigenvalue weighted by Crippen LogP contribution is -3.12. The summed E-state index contributed by atoms with van der Waals surface area (Å²) < 4.78 is 0. The Labute approximate surface area is 131 Å². The summed E-state index contributed by atoms with van der Waals surface area (Å²) >= 11 is 0. The van der Waals surface area contributed by atoms with Gasteiger partial charge in [0.05, 0.1) is 39.8 Å². The molecule has 1 heterocycles. The number of nitrogens with zero attached hydrogens (tertiary/aromatic N) is 1. The number of piperazine rings is 1. The fourth-order valence-corrected chi connectivity index (χ4v) is 2.36. The number of carbonyl (C=O) groups excluding carboxylic acids is 2. The summed E-state index contributed by atoms with van der Waals surface area (Å²) in [7, 11) is 2.14. The number of quaternary nitrogens is 1. The number of amides is 2. The molecule has 1 aromatic rings. The molecule has 0 atom stereocenters. The van der Waals surface area contributed by atoms with Crippen LogP contribution in [0.15, 0.2) is 18.2 Å². The van der Waals surface area contributed by atoms with E-state index in [1.165, 1.54) is 4.90 Å². The number of hydrogen-bond acceptors (Lipinski definition) is 3. The highest BCUT2D eigenvalue weighted by molar-refractivity contribution is 5.96. The zero-order valence-corrected chi connectivity index (χ0v) is 13.5. The van der Waals surface area contributed by atoms with Crippen molar-refractivity contribution in [2.24, 2.45) is 0 Å². The van der Waals surface area contributed by atoms with E-state index in [2.05, 4.69) is 17.8 Å². The fourth-order valence-electron chi connectivity index (χ4n) is 2.36. The maximum Gasteiger partial charge on any atom is 0.253 e. The zero-order valence-electron chi connectivity index (χ0n) is 13.5. The lowest BCUT2D eigenvalue weighted by atomic mass is 10.1. The number of carbonyl (C=O) groups is 2. The predicted octanol–water partition coefficient (Wildman–Crippen LogP) is -1.11. The molecule has 2 amide bonds. The van der Waals surface area contributed by atoms with Crippen LogP contribution < -0.4 is 15.6 Å². The van der Waals surface area contributed by atoms with Gasteiger partial charge in [0.25, 0.3) is 11.8 Å². The minimum atomic E-state index is -0.221. The molecule has 0 radical (unpaired) electrons. The van der Waals surface area contributed by atoms with E-state index in [0.29, 0.717) is 5.56 Å². The van der Waals surface area contributed by atoms with Crippen LogP contribution in [-0.2, 0) is 4.79 Å². The second-order valence-electron chi connectivity index (χ2n) is 5.96. The van der Waals surface area contributed by atoms with E-state index >= 15 is 0 Å². The van der Waals surface area contributed by atoms with Crippen molar-refractivity contribution < 1.29 is 14.5 Å². The molecule has 0 bridgehead atoms. The van der Waals surface area contributed by atoms with Crippen LogP contribution in [0.4, 0.5) is 0 Å². The quantitative estimate of drug-likeness (QED) is 0.661. The van der Waals surface area contributed by atoms with Crippen molar-refractivity contribution in [1.29, 1.82) is 0 Å². The van der Waals surface area contributed by atoms with E-state index in [1.807, 2.05) is 31.0 Å². The summed E-state index contributed by atoms with van der Waals surface area (Å²) in [6, 6.07) is 5.53. The Bertz CT molecular complexity index is 551. The maximum atomic E-state index is 12.0. The van der Waals surface area contributed by atoms with Gasteiger partial charge in [0.2, 0.25) is 0 Å². The molecule has 1 saturated heterocycles. The monoisotopic (exact) mass is 305 g/mol. The first kappa shape index (κ1) is 16.5. The number of benzene rings is 1. The molecule has 0 spiro atoms. The van der Waals surface area contributed by atoms with Crippen molar-refractivity contribution in [1.82, 2.24) is 15.8 Å². The number of hydrazine groups is 1. The first-order valence-electron chi connectivity index (χ1n) is 7.67. The lowest BCUT2D eigenvalue weighted by Gasteiger charge is -2.30. The smallest absolute Gasteiger partial charge is 0.253 e. The van der Waals surface area contributed by atoms with E-state index < -0.39 is 0 Å². The third-order valence-corrected chi connectivity index (χ3v) is 4.08. The van der Waals surface area contributed by atoms with Crippen LogP contribution in [0.3, 0.4) is 0 Å². The Morgan fingerprint density at radius 1 is 1.18 bits per heavy atom. The minimum absolute atomic E-state index is 0.00897. The average molecular weight is 305 g/mol. The van der Waals surface area contributed by atoms with E-state index in [9.17, 15) is 9.59 Å². The van der Waals surface area contributed by atoms with Gasteiger partial charge in [0, 0.05) is 5.56 Å². The van der Waals surface area contributed by atoms with Gasteiger partial charge in [-0.15, -0.1) is 0 Å². The largest absolute Gasteiger partial charge is 0.343 e. The van der Waals surface area contributed by atoms with E-state index in [4.69, 9.17) is 0 Å². The third kappa shape index (κ3) is 4.54. The summed E-state index contributed by atoms with van der Waals surface area (Å²) in [4.78, 5) is 25.4. The molecule has 2 rings (SSSR count). The van der Waals surface area contributed by atoms with Crippen LogP contribution in [0, 0.1) is 13.8 Å². The predicted molar refractivity (Wildman–Crippen MR) is 84.6 cm³/mol. The first-order valence-corrected chi connectivity index (χ1v) is 7.67. The van der Waals surface area contributed by atoms with Crippen molar-refractivity contribution in [2.75, 3.05) is 39.8 Å². The van der Waals surface area contributed by atoms with Crippen LogP contribution in [0.2, 0.25) is 0 Å². The molecule has 22 heavy (non-hydrogen) atoms. The highest BCUT2D eigenvalue weighted by Crippen LogP contribution is 2.09. The molecule has 0 aliphatic carbocycles. The van der Waals surface area contributed by atoms with Crippen molar-refractivity contribution in [2.45, 2.75) is 13.8 Å². The molecule has 1 aliphatic heterocycles. The molecule has 0 unspecified atom stereocenters. The standard InChI is InChI=1S/C16H24N4O2/c1-12-4-5-14(10-13(12)2)16(22)17-11-15(21)18-20-8-6-19(3)7-9-20/h4-5,10H,6-9,11H2,1-3H3,(H,17,22)(H,18,21)/p+1. The van der Waals surface area contributed by atoms with Gasteiger partial charge in [0.15, 0.2) is 0 Å². The number of likely N-dealkylation sites (N-methyl/N-ethyl adjacent to an activating group) is 1. The van der Waals surface area contributed by atoms with Gasteiger partial charge in [-0.25, -0.2) is 5.01 Å². The van der Waals surface area contributed by atoms with Gasteiger partial charge in [-0.1, -0.05) is 6.07 Å². The molecule has 6 nitrogen and oxygen atoms in total. The van der Waals surface area contributed by atoms with Gasteiger partial charge in [-0.05, 0) is 37.1 Å². The summed E-state index contributed by atoms with van der Waals surface area (Å²) in [5.74, 6) is -0.405. The summed E-state index contributed by atoms with van der Waals surface area (Å²) in [5.41, 5.74) is 5.63. The normalized spacial score (nSPS) is 16.3. The maximum absolute atomic E-state index is 12.0. The molecule has 120 valence electrons. The Balaban J connectivity index is 1.78. The molecule has 0 saturated carbocycles. The van der Waals surface area contributed by atoms with Gasteiger partial charge >= 0.3 is 0 Å². The topological polar surface area (TPSA) is 65.9 Å². The van der Waals surface area contributed by atoms with Gasteiger partial charge in [0.1, 0.15) is 0 Å². The van der Waals surface area contributed by atoms with Crippen molar-refractivity contribution in [3.05, 3.63) is 34.9 Å². The van der Waals surface area contributed by atoms with Gasteiger partial charge in [-0.3, -0.25) is 15.0 Å². The fraction of sp³-hybridized carbons (Fsp3) is 0.500. The van der Waals surface area contributed by atoms with Gasteiger partial charge in [-0.2, -0.15) is 0 Å². The Morgan fingerprint density at radius 3 is 2.50 bits per heavy atom. The van der Waals surface area contributed by atoms with Gasteiger partial charge < -0.3 is 10.2 Å². The summed E-state index contributed by atoms with van der Waals surface area (Å²) in [6.07, 6.45) is 0. The molecular weight excluding hydrogens is 280 g/mol. The third-order valence-electron chi connectivity index (χ3n) is 4.08. The molecule has 1 aliphatic rings. The van der Waals surface area contributed by atoms with E-state index in [-0.39, 0.29) is 18.4 Å². The highest BCUT2D eigenvalue weighted by Gasteiger charge is 2.18. The molecular formula is C16H25N4O2+. The minimum Gasteiger partial charge on any atom is -0.343 e. The summed E-state index contributed by atoms with van der Waals surface area (Å²) in [5, 5.41) is 4.58. The van der Waals surface area contributed by atoms with Crippen LogP contribution in [0.5, 0.6) is 0 Å².